The molecule has 0 saturated carbocycles. The predicted octanol–water partition coefficient (Wildman–Crippen LogP) is 1.81. The van der Waals surface area contributed by atoms with Crippen molar-refractivity contribution in [2.24, 2.45) is 0 Å². The van der Waals surface area contributed by atoms with Crippen LogP contribution in [0, 0.1) is 0 Å². The highest BCUT2D eigenvalue weighted by atomic mass is 28.4. The van der Waals surface area contributed by atoms with E-state index < -0.39 is 44.5 Å². The van der Waals surface area contributed by atoms with Crippen molar-refractivity contribution in [3.8, 4) is 0 Å². The smallest absolute Gasteiger partial charge is 0.338 e. The second-order valence-corrected chi connectivity index (χ2v) is 12.9. The zero-order valence-corrected chi connectivity index (χ0v) is 15.5. The van der Waals surface area contributed by atoms with Gasteiger partial charge < -0.3 is 23.7 Å². The first-order valence-corrected chi connectivity index (χ1v) is 10.6. The summed E-state index contributed by atoms with van der Waals surface area (Å²) in [7, 11) is -1.97. The first-order chi connectivity index (χ1) is 9.84. The van der Waals surface area contributed by atoms with Crippen LogP contribution in [0.5, 0.6) is 0 Å². The minimum Gasteiger partial charge on any atom is -0.455 e. The molecule has 2 aliphatic rings. The molecule has 22 heavy (non-hydrogen) atoms. The fourth-order valence-electron chi connectivity index (χ4n) is 2.38. The summed E-state index contributed by atoms with van der Waals surface area (Å²) in [6.45, 7) is 14.2. The second-order valence-electron chi connectivity index (χ2n) is 8.06. The Balaban J connectivity index is 1.99. The largest absolute Gasteiger partial charge is 0.455 e. The Morgan fingerprint density at radius 2 is 1.91 bits per heavy atom. The fourth-order valence-corrected chi connectivity index (χ4v) is 3.40. The minimum atomic E-state index is -1.97. The van der Waals surface area contributed by atoms with Crippen LogP contribution >= 0.6 is 0 Å². The van der Waals surface area contributed by atoms with Crippen molar-refractivity contribution in [2.45, 2.75) is 83.0 Å². The third-order valence-corrected chi connectivity index (χ3v) is 9.24. The van der Waals surface area contributed by atoms with Crippen molar-refractivity contribution in [1.82, 2.24) is 0 Å². The summed E-state index contributed by atoms with van der Waals surface area (Å²) < 4.78 is 22.5. The lowest BCUT2D eigenvalue weighted by molar-refractivity contribution is -0.194. The van der Waals surface area contributed by atoms with Crippen LogP contribution in [0.25, 0.3) is 0 Å². The Morgan fingerprint density at radius 3 is 2.45 bits per heavy atom. The number of rotatable bonds is 4. The maximum absolute atomic E-state index is 11.8. The highest BCUT2D eigenvalue weighted by Gasteiger charge is 2.58. The Bertz CT molecular complexity index is 442. The van der Waals surface area contributed by atoms with E-state index in [4.69, 9.17) is 18.6 Å². The second kappa shape index (κ2) is 5.56. The lowest BCUT2D eigenvalue weighted by Crippen LogP contribution is -2.46. The lowest BCUT2D eigenvalue weighted by atomic mass is 10.1. The van der Waals surface area contributed by atoms with Gasteiger partial charge in [0.05, 0.1) is 6.61 Å². The zero-order chi connectivity index (χ0) is 16.9. The van der Waals surface area contributed by atoms with E-state index in [0.29, 0.717) is 0 Å². The summed E-state index contributed by atoms with van der Waals surface area (Å²) in [5.41, 5.74) is 0. The van der Waals surface area contributed by atoms with Crippen molar-refractivity contribution in [1.29, 1.82) is 0 Å². The van der Waals surface area contributed by atoms with E-state index in [1.165, 1.54) is 0 Å². The molecule has 7 heteroatoms. The van der Waals surface area contributed by atoms with E-state index in [0.717, 1.165) is 0 Å². The number of aliphatic hydroxyl groups excluding tert-OH is 1. The molecule has 2 heterocycles. The highest BCUT2D eigenvalue weighted by molar-refractivity contribution is 6.74. The number of esters is 1. The van der Waals surface area contributed by atoms with Gasteiger partial charge in [-0.05, 0) is 32.0 Å². The van der Waals surface area contributed by atoms with Gasteiger partial charge in [0.2, 0.25) is 0 Å². The van der Waals surface area contributed by atoms with Gasteiger partial charge in [0.15, 0.2) is 26.3 Å². The number of carbonyl (C=O) groups is 1. The lowest BCUT2D eigenvalue weighted by Gasteiger charge is -2.37. The van der Waals surface area contributed by atoms with Crippen LogP contribution in [0.1, 0.15) is 34.6 Å². The van der Waals surface area contributed by atoms with Crippen LogP contribution in [0.4, 0.5) is 0 Å². The Hall–Kier alpha value is -0.473. The maximum Gasteiger partial charge on any atom is 0.338 e. The van der Waals surface area contributed by atoms with Gasteiger partial charge in [-0.1, -0.05) is 20.8 Å². The van der Waals surface area contributed by atoms with Crippen molar-refractivity contribution in [3.05, 3.63) is 0 Å². The molecule has 0 radical (unpaired) electrons. The SMILES string of the molecule is CC1(C)O[C@@H]2[C@H]([C@H](O)CO[Si](C)(C)C(C)(C)C)OC(=O)[C@@H]2O1. The molecule has 0 aliphatic carbocycles. The number of fused-ring (bicyclic) bond motifs is 1. The monoisotopic (exact) mass is 332 g/mol. The molecule has 0 spiro atoms. The number of carbonyl (C=O) groups excluding carboxylic acids is 1. The number of ether oxygens (including phenoxy) is 3. The topological polar surface area (TPSA) is 74.2 Å². The predicted molar refractivity (Wildman–Crippen MR) is 82.9 cm³/mol. The number of hydrogen-bond donors (Lipinski definition) is 1. The van der Waals surface area contributed by atoms with Gasteiger partial charge in [-0.15, -0.1) is 0 Å². The Kier molecular flexibility index (Phi) is 4.52. The van der Waals surface area contributed by atoms with E-state index in [1.54, 1.807) is 13.8 Å². The van der Waals surface area contributed by atoms with Gasteiger partial charge >= 0.3 is 5.97 Å². The van der Waals surface area contributed by atoms with E-state index >= 15 is 0 Å². The molecule has 0 amide bonds. The number of cyclic esters (lactones) is 1. The fraction of sp³-hybridized carbons (Fsp3) is 0.933. The molecule has 0 aromatic heterocycles. The molecule has 2 fully saturated rings. The Morgan fingerprint density at radius 1 is 1.32 bits per heavy atom. The molecule has 2 rings (SSSR count). The summed E-state index contributed by atoms with van der Waals surface area (Å²) in [4.78, 5) is 11.8. The molecule has 0 aromatic carbocycles. The summed E-state index contributed by atoms with van der Waals surface area (Å²) in [5.74, 6) is -1.32. The molecular weight excluding hydrogens is 304 g/mol. The van der Waals surface area contributed by atoms with Gasteiger partial charge in [-0.2, -0.15) is 0 Å². The van der Waals surface area contributed by atoms with E-state index in [9.17, 15) is 9.90 Å². The highest BCUT2D eigenvalue weighted by Crippen LogP contribution is 2.39. The summed E-state index contributed by atoms with van der Waals surface area (Å²) in [6.07, 6.45) is -3.02. The number of aliphatic hydroxyl groups is 1. The summed E-state index contributed by atoms with van der Waals surface area (Å²) >= 11 is 0. The molecule has 0 aromatic rings. The molecule has 4 atom stereocenters. The van der Waals surface area contributed by atoms with Crippen LogP contribution in [0.2, 0.25) is 18.1 Å². The zero-order valence-electron chi connectivity index (χ0n) is 14.5. The van der Waals surface area contributed by atoms with Crippen LogP contribution in [-0.4, -0.2) is 56.2 Å². The maximum atomic E-state index is 11.8. The average molecular weight is 332 g/mol. The van der Waals surface area contributed by atoms with Crippen molar-refractivity contribution < 1.29 is 28.5 Å². The quantitative estimate of drug-likeness (QED) is 0.625. The minimum absolute atomic E-state index is 0.0522. The third kappa shape index (κ3) is 3.38. The van der Waals surface area contributed by atoms with Gasteiger partial charge in [-0.25, -0.2) is 4.79 Å². The Labute approximate surface area is 133 Å². The molecule has 6 nitrogen and oxygen atoms in total. The normalized spacial score (nSPS) is 32.7. The first kappa shape index (κ1) is 17.9. The van der Waals surface area contributed by atoms with Gasteiger partial charge in [0, 0.05) is 0 Å². The molecule has 2 saturated heterocycles. The van der Waals surface area contributed by atoms with E-state index in [-0.39, 0.29) is 11.6 Å². The first-order valence-electron chi connectivity index (χ1n) is 7.72. The van der Waals surface area contributed by atoms with Crippen molar-refractivity contribution in [2.75, 3.05) is 6.61 Å². The van der Waals surface area contributed by atoms with Gasteiger partial charge in [0.25, 0.3) is 0 Å². The van der Waals surface area contributed by atoms with Crippen LogP contribution in [-0.2, 0) is 23.4 Å². The van der Waals surface area contributed by atoms with Gasteiger partial charge in [0.1, 0.15) is 12.2 Å². The molecule has 0 unspecified atom stereocenters. The van der Waals surface area contributed by atoms with E-state index in [1.807, 2.05) is 0 Å². The summed E-state index contributed by atoms with van der Waals surface area (Å²) in [5, 5.41) is 10.4. The standard InChI is InChI=1S/C15H28O6Si/c1-14(2,3)22(6,7)18-8-9(16)10-11-12(13(17)19-10)21-15(4,5)20-11/h9-12,16H,8H2,1-7H3/t9-,10+,11-,12-/m1/s1. The van der Waals surface area contributed by atoms with E-state index in [2.05, 4.69) is 33.9 Å². The van der Waals surface area contributed by atoms with Crippen molar-refractivity contribution in [3.63, 3.8) is 0 Å². The van der Waals surface area contributed by atoms with Crippen LogP contribution in [0.3, 0.4) is 0 Å². The molecular formula is C15H28O6Si. The van der Waals surface area contributed by atoms with Crippen LogP contribution in [0.15, 0.2) is 0 Å². The van der Waals surface area contributed by atoms with Crippen molar-refractivity contribution >= 4 is 14.3 Å². The van der Waals surface area contributed by atoms with Crippen LogP contribution < -0.4 is 0 Å². The molecule has 1 N–H and O–H groups in total. The molecule has 2 aliphatic heterocycles. The molecule has 128 valence electrons. The molecule has 0 bridgehead atoms. The van der Waals surface area contributed by atoms with Gasteiger partial charge in [-0.3, -0.25) is 0 Å². The third-order valence-electron chi connectivity index (χ3n) is 4.74. The summed E-state index contributed by atoms with van der Waals surface area (Å²) in [6, 6.07) is 0. The number of hydrogen-bond acceptors (Lipinski definition) is 6. The average Bonchev–Trinajstić information content (AvgIpc) is 2.80.